The van der Waals surface area contributed by atoms with Crippen LogP contribution in [0.15, 0.2) is 39.4 Å². The minimum atomic E-state index is -0.241. The summed E-state index contributed by atoms with van der Waals surface area (Å²) >= 11 is 6.79. The van der Waals surface area contributed by atoms with E-state index < -0.39 is 0 Å². The molecule has 1 aromatic carbocycles. The molecule has 0 fully saturated rings. The van der Waals surface area contributed by atoms with Crippen LogP contribution in [0, 0.1) is 12.7 Å². The van der Waals surface area contributed by atoms with Crippen molar-refractivity contribution in [1.82, 2.24) is 4.98 Å². The largest absolute Gasteiger partial charge is 0.366 e. The van der Waals surface area contributed by atoms with Crippen molar-refractivity contribution < 1.29 is 4.39 Å². The molecule has 1 N–H and O–H groups in total. The van der Waals surface area contributed by atoms with Gasteiger partial charge in [-0.05, 0) is 58.2 Å². The minimum absolute atomic E-state index is 0.241. The second kappa shape index (κ2) is 5.80. The second-order valence-corrected chi connectivity index (χ2v) is 5.62. The number of rotatable bonds is 3. The summed E-state index contributed by atoms with van der Waals surface area (Å²) in [5.41, 5.74) is 1.96. The number of aryl methyl sites for hydroxylation is 1. The van der Waals surface area contributed by atoms with Gasteiger partial charge < -0.3 is 5.32 Å². The van der Waals surface area contributed by atoms with Crippen LogP contribution >= 0.6 is 31.9 Å². The van der Waals surface area contributed by atoms with Gasteiger partial charge >= 0.3 is 0 Å². The van der Waals surface area contributed by atoms with Gasteiger partial charge in [-0.2, -0.15) is 0 Å². The first-order valence-electron chi connectivity index (χ1n) is 5.36. The zero-order valence-corrected chi connectivity index (χ0v) is 12.8. The molecule has 0 saturated carbocycles. The van der Waals surface area contributed by atoms with E-state index in [2.05, 4.69) is 42.2 Å². The van der Waals surface area contributed by atoms with Crippen LogP contribution in [0.2, 0.25) is 0 Å². The van der Waals surface area contributed by atoms with E-state index in [1.807, 2.05) is 13.0 Å². The smallest absolute Gasteiger partial charge is 0.126 e. The normalized spacial score (nSPS) is 10.4. The topological polar surface area (TPSA) is 24.9 Å². The molecule has 0 atom stereocenters. The fraction of sp³-hybridized carbons (Fsp3) is 0.154. The molecule has 0 aliphatic carbocycles. The third-order valence-electron chi connectivity index (χ3n) is 2.51. The number of nitrogens with one attached hydrogen (secondary N) is 1. The summed E-state index contributed by atoms with van der Waals surface area (Å²) in [5, 5.41) is 3.17. The van der Waals surface area contributed by atoms with E-state index in [0.717, 1.165) is 25.9 Å². The van der Waals surface area contributed by atoms with Crippen LogP contribution in [0.25, 0.3) is 0 Å². The van der Waals surface area contributed by atoms with E-state index in [0.29, 0.717) is 6.54 Å². The molecular weight excluding hydrogens is 363 g/mol. The van der Waals surface area contributed by atoms with Crippen molar-refractivity contribution in [3.8, 4) is 0 Å². The highest BCUT2D eigenvalue weighted by atomic mass is 79.9. The standard InChI is InChI=1S/C13H11Br2FN2/c1-8-4-13(18-7-12(8)15)17-6-9-5-10(16)2-3-11(9)14/h2-5,7H,6H2,1H3,(H,17,18). The van der Waals surface area contributed by atoms with Gasteiger partial charge in [0.2, 0.25) is 0 Å². The van der Waals surface area contributed by atoms with Crippen LogP contribution in [0.4, 0.5) is 10.2 Å². The van der Waals surface area contributed by atoms with Crippen molar-refractivity contribution in [3.63, 3.8) is 0 Å². The quantitative estimate of drug-likeness (QED) is 0.845. The lowest BCUT2D eigenvalue weighted by Crippen LogP contribution is -2.02. The van der Waals surface area contributed by atoms with E-state index in [-0.39, 0.29) is 5.82 Å². The molecule has 0 aliphatic rings. The molecule has 0 aliphatic heterocycles. The molecule has 18 heavy (non-hydrogen) atoms. The van der Waals surface area contributed by atoms with Crippen molar-refractivity contribution >= 4 is 37.7 Å². The monoisotopic (exact) mass is 372 g/mol. The Morgan fingerprint density at radius 2 is 2.00 bits per heavy atom. The van der Waals surface area contributed by atoms with Gasteiger partial charge in [-0.15, -0.1) is 0 Å². The lowest BCUT2D eigenvalue weighted by atomic mass is 10.2. The molecule has 2 aromatic rings. The Bertz CT molecular complexity index is 573. The number of hydrogen-bond acceptors (Lipinski definition) is 2. The van der Waals surface area contributed by atoms with Crippen LogP contribution in [-0.4, -0.2) is 4.98 Å². The van der Waals surface area contributed by atoms with Gasteiger partial charge in [-0.3, -0.25) is 0 Å². The minimum Gasteiger partial charge on any atom is -0.366 e. The Morgan fingerprint density at radius 3 is 2.72 bits per heavy atom. The maximum absolute atomic E-state index is 13.1. The molecule has 0 saturated heterocycles. The summed E-state index contributed by atoms with van der Waals surface area (Å²) in [6.45, 7) is 2.52. The first-order valence-corrected chi connectivity index (χ1v) is 6.95. The highest BCUT2D eigenvalue weighted by molar-refractivity contribution is 9.10. The molecule has 0 amide bonds. The van der Waals surface area contributed by atoms with E-state index in [4.69, 9.17) is 0 Å². The molecule has 5 heteroatoms. The molecular formula is C13H11Br2FN2. The number of benzene rings is 1. The van der Waals surface area contributed by atoms with Crippen LogP contribution in [-0.2, 0) is 6.54 Å². The van der Waals surface area contributed by atoms with E-state index >= 15 is 0 Å². The molecule has 0 unspecified atom stereocenters. The van der Waals surface area contributed by atoms with Crippen LogP contribution < -0.4 is 5.32 Å². The summed E-state index contributed by atoms with van der Waals surface area (Å²) in [6, 6.07) is 6.57. The molecule has 2 nitrogen and oxygen atoms in total. The van der Waals surface area contributed by atoms with Gasteiger partial charge in [0.05, 0.1) is 0 Å². The maximum atomic E-state index is 13.1. The molecule has 1 aromatic heterocycles. The number of pyridine rings is 1. The summed E-state index contributed by atoms with van der Waals surface area (Å²) < 4.78 is 15.0. The maximum Gasteiger partial charge on any atom is 0.126 e. The van der Waals surface area contributed by atoms with E-state index in [1.165, 1.54) is 12.1 Å². The molecule has 0 spiro atoms. The van der Waals surface area contributed by atoms with Crippen LogP contribution in [0.1, 0.15) is 11.1 Å². The fourth-order valence-electron chi connectivity index (χ4n) is 1.50. The van der Waals surface area contributed by atoms with E-state index in [1.54, 1.807) is 12.3 Å². The molecule has 94 valence electrons. The average Bonchev–Trinajstić information content (AvgIpc) is 2.34. The first kappa shape index (κ1) is 13.5. The predicted octanol–water partition coefficient (Wildman–Crippen LogP) is 4.67. The molecule has 2 rings (SSSR count). The zero-order valence-electron chi connectivity index (χ0n) is 9.67. The average molecular weight is 374 g/mol. The SMILES string of the molecule is Cc1cc(NCc2cc(F)ccc2Br)ncc1Br. The highest BCUT2D eigenvalue weighted by Crippen LogP contribution is 2.21. The third kappa shape index (κ3) is 3.29. The van der Waals surface area contributed by atoms with Gasteiger partial charge in [-0.1, -0.05) is 15.9 Å². The zero-order chi connectivity index (χ0) is 13.1. The Labute approximate surface area is 122 Å². The van der Waals surface area contributed by atoms with Gasteiger partial charge in [0.25, 0.3) is 0 Å². The van der Waals surface area contributed by atoms with Crippen LogP contribution in [0.5, 0.6) is 0 Å². The number of nitrogens with zero attached hydrogens (tertiary/aromatic N) is 1. The fourth-order valence-corrected chi connectivity index (χ4v) is 2.10. The summed E-state index contributed by atoms with van der Waals surface area (Å²) in [6.07, 6.45) is 1.75. The third-order valence-corrected chi connectivity index (χ3v) is 4.12. The lowest BCUT2D eigenvalue weighted by Gasteiger charge is -2.09. The molecule has 0 radical (unpaired) electrons. The predicted molar refractivity (Wildman–Crippen MR) is 78.1 cm³/mol. The highest BCUT2D eigenvalue weighted by Gasteiger charge is 2.03. The number of hydrogen-bond donors (Lipinski definition) is 1. The Kier molecular flexibility index (Phi) is 4.35. The summed E-state index contributed by atoms with van der Waals surface area (Å²) in [5.74, 6) is 0.529. The second-order valence-electron chi connectivity index (χ2n) is 3.91. The summed E-state index contributed by atoms with van der Waals surface area (Å²) in [7, 11) is 0. The first-order chi connectivity index (χ1) is 8.56. The van der Waals surface area contributed by atoms with Gasteiger partial charge in [0.1, 0.15) is 11.6 Å². The molecule has 0 bridgehead atoms. The van der Waals surface area contributed by atoms with Crippen LogP contribution in [0.3, 0.4) is 0 Å². The Morgan fingerprint density at radius 1 is 1.22 bits per heavy atom. The van der Waals surface area contributed by atoms with Crippen molar-refractivity contribution in [2.75, 3.05) is 5.32 Å². The number of aromatic nitrogens is 1. The Hall–Kier alpha value is -0.940. The van der Waals surface area contributed by atoms with Gasteiger partial charge in [0, 0.05) is 21.7 Å². The Balaban J connectivity index is 2.11. The van der Waals surface area contributed by atoms with Gasteiger partial charge in [0.15, 0.2) is 0 Å². The van der Waals surface area contributed by atoms with Crippen molar-refractivity contribution in [2.45, 2.75) is 13.5 Å². The lowest BCUT2D eigenvalue weighted by molar-refractivity contribution is 0.625. The van der Waals surface area contributed by atoms with E-state index in [9.17, 15) is 4.39 Å². The molecule has 1 heterocycles. The van der Waals surface area contributed by atoms with Crippen molar-refractivity contribution in [3.05, 3.63) is 56.4 Å². The van der Waals surface area contributed by atoms with Gasteiger partial charge in [-0.25, -0.2) is 9.37 Å². The van der Waals surface area contributed by atoms with Crippen molar-refractivity contribution in [2.24, 2.45) is 0 Å². The number of anilines is 1. The summed E-state index contributed by atoms with van der Waals surface area (Å²) in [4.78, 5) is 4.24. The number of halogens is 3. The van der Waals surface area contributed by atoms with Crippen molar-refractivity contribution in [1.29, 1.82) is 0 Å².